The Bertz CT molecular complexity index is 865. The van der Waals surface area contributed by atoms with Gasteiger partial charge in [-0.15, -0.1) is 0 Å². The molecule has 0 radical (unpaired) electrons. The van der Waals surface area contributed by atoms with Gasteiger partial charge in [-0.25, -0.2) is 5.43 Å². The van der Waals surface area contributed by atoms with E-state index < -0.39 is 6.10 Å². The molecule has 2 aliphatic heterocycles. The number of hydrogen-bond acceptors (Lipinski definition) is 6. The molecule has 7 heteroatoms. The quantitative estimate of drug-likeness (QED) is 0.622. The van der Waals surface area contributed by atoms with Gasteiger partial charge in [0, 0.05) is 13.1 Å². The van der Waals surface area contributed by atoms with E-state index in [2.05, 4.69) is 27.6 Å². The predicted molar refractivity (Wildman–Crippen MR) is 109 cm³/mol. The maximum Gasteiger partial charge on any atom is 0.284 e. The van der Waals surface area contributed by atoms with Crippen molar-refractivity contribution in [2.75, 3.05) is 32.9 Å². The maximum absolute atomic E-state index is 12.6. The van der Waals surface area contributed by atoms with Crippen LogP contribution in [0.2, 0.25) is 0 Å². The maximum atomic E-state index is 12.6. The number of amides is 1. The van der Waals surface area contributed by atoms with Gasteiger partial charge in [-0.3, -0.25) is 9.69 Å². The zero-order valence-corrected chi connectivity index (χ0v) is 16.4. The third-order valence-electron chi connectivity index (χ3n) is 5.07. The van der Waals surface area contributed by atoms with Gasteiger partial charge in [0.25, 0.3) is 5.91 Å². The highest BCUT2D eigenvalue weighted by atomic mass is 16.6. The molecule has 152 valence electrons. The monoisotopic (exact) mass is 395 g/mol. The van der Waals surface area contributed by atoms with Gasteiger partial charge in [-0.05, 0) is 24.6 Å². The smallest absolute Gasteiger partial charge is 0.284 e. The van der Waals surface area contributed by atoms with Crippen LogP contribution in [-0.4, -0.2) is 55.5 Å². The SMILES string of the molecule is C/C(=N/NC(=O)[C@@H]1COc2ccccc2O1)[C@H](c1ccccc1)N1CCOCC1. The van der Waals surface area contributed by atoms with E-state index in [9.17, 15) is 4.79 Å². The van der Waals surface area contributed by atoms with Crippen molar-refractivity contribution in [2.24, 2.45) is 5.10 Å². The van der Waals surface area contributed by atoms with Crippen molar-refractivity contribution in [3.05, 3.63) is 60.2 Å². The Morgan fingerprint density at radius 3 is 2.52 bits per heavy atom. The topological polar surface area (TPSA) is 72.4 Å². The molecule has 4 rings (SSSR count). The van der Waals surface area contributed by atoms with Crippen LogP contribution in [0.5, 0.6) is 11.5 Å². The van der Waals surface area contributed by atoms with Crippen molar-refractivity contribution < 1.29 is 19.0 Å². The number of rotatable bonds is 5. The highest BCUT2D eigenvalue weighted by molar-refractivity contribution is 5.90. The number of para-hydroxylation sites is 2. The number of hydrazone groups is 1. The van der Waals surface area contributed by atoms with Gasteiger partial charge in [-0.2, -0.15) is 5.10 Å². The Kier molecular flexibility index (Phi) is 6.07. The summed E-state index contributed by atoms with van der Waals surface area (Å²) in [7, 11) is 0. The number of carbonyl (C=O) groups excluding carboxylic acids is 1. The molecule has 1 N–H and O–H groups in total. The molecule has 7 nitrogen and oxygen atoms in total. The number of hydrogen-bond donors (Lipinski definition) is 1. The zero-order chi connectivity index (χ0) is 20.1. The third-order valence-corrected chi connectivity index (χ3v) is 5.07. The van der Waals surface area contributed by atoms with E-state index in [1.807, 2.05) is 43.3 Å². The number of ether oxygens (including phenoxy) is 3. The number of nitrogens with one attached hydrogen (secondary N) is 1. The molecule has 2 aromatic rings. The lowest BCUT2D eigenvalue weighted by Crippen LogP contribution is -2.44. The average molecular weight is 395 g/mol. The van der Waals surface area contributed by atoms with E-state index in [4.69, 9.17) is 14.2 Å². The summed E-state index contributed by atoms with van der Waals surface area (Å²) in [4.78, 5) is 14.9. The van der Waals surface area contributed by atoms with E-state index in [0.29, 0.717) is 24.7 Å². The van der Waals surface area contributed by atoms with Gasteiger partial charge >= 0.3 is 0 Å². The molecule has 0 saturated carbocycles. The van der Waals surface area contributed by atoms with E-state index in [0.717, 1.165) is 24.4 Å². The normalized spacial score (nSPS) is 20.7. The predicted octanol–water partition coefficient (Wildman–Crippen LogP) is 2.39. The van der Waals surface area contributed by atoms with Crippen LogP contribution in [0, 0.1) is 0 Å². The molecular weight excluding hydrogens is 370 g/mol. The van der Waals surface area contributed by atoms with Crippen LogP contribution in [0.25, 0.3) is 0 Å². The van der Waals surface area contributed by atoms with Gasteiger partial charge in [0.05, 0.1) is 25.0 Å². The van der Waals surface area contributed by atoms with Crippen LogP contribution in [-0.2, 0) is 9.53 Å². The molecule has 2 atom stereocenters. The molecule has 0 spiro atoms. The summed E-state index contributed by atoms with van der Waals surface area (Å²) in [6.45, 7) is 5.10. The first kappa shape index (κ1) is 19.4. The van der Waals surface area contributed by atoms with Crippen LogP contribution in [0.3, 0.4) is 0 Å². The van der Waals surface area contributed by atoms with Gasteiger partial charge < -0.3 is 14.2 Å². The molecule has 0 bridgehead atoms. The molecular formula is C22H25N3O4. The fourth-order valence-electron chi connectivity index (χ4n) is 3.61. The van der Waals surface area contributed by atoms with Crippen molar-refractivity contribution in [1.82, 2.24) is 10.3 Å². The Morgan fingerprint density at radius 2 is 1.76 bits per heavy atom. The third kappa shape index (κ3) is 4.58. The second kappa shape index (κ2) is 9.07. The summed E-state index contributed by atoms with van der Waals surface area (Å²) in [5, 5.41) is 4.41. The Labute approximate surface area is 170 Å². The summed E-state index contributed by atoms with van der Waals surface area (Å²) >= 11 is 0. The fraction of sp³-hybridized carbons (Fsp3) is 0.364. The average Bonchev–Trinajstić information content (AvgIpc) is 2.79. The van der Waals surface area contributed by atoms with Crippen LogP contribution in [0.15, 0.2) is 59.7 Å². The number of morpholine rings is 1. The van der Waals surface area contributed by atoms with Gasteiger partial charge in [-0.1, -0.05) is 42.5 Å². The lowest BCUT2D eigenvalue weighted by atomic mass is 10.0. The highest BCUT2D eigenvalue weighted by Crippen LogP contribution is 2.31. The Balaban J connectivity index is 1.46. The molecule has 1 fully saturated rings. The molecule has 2 aliphatic rings. The molecule has 29 heavy (non-hydrogen) atoms. The minimum absolute atomic E-state index is 0.0235. The summed E-state index contributed by atoms with van der Waals surface area (Å²) < 4.78 is 16.9. The molecule has 1 amide bonds. The van der Waals surface area contributed by atoms with Crippen molar-refractivity contribution >= 4 is 11.6 Å². The number of fused-ring (bicyclic) bond motifs is 1. The first-order valence-electron chi connectivity index (χ1n) is 9.81. The summed E-state index contributed by atoms with van der Waals surface area (Å²) in [6, 6.07) is 17.5. The minimum Gasteiger partial charge on any atom is -0.485 e. The lowest BCUT2D eigenvalue weighted by Gasteiger charge is -2.34. The van der Waals surface area contributed by atoms with E-state index in [1.165, 1.54) is 0 Å². The molecule has 0 aliphatic carbocycles. The second-order valence-corrected chi connectivity index (χ2v) is 7.06. The number of benzene rings is 2. The van der Waals surface area contributed by atoms with Gasteiger partial charge in [0.15, 0.2) is 11.5 Å². The van der Waals surface area contributed by atoms with Gasteiger partial charge in [0.2, 0.25) is 6.10 Å². The van der Waals surface area contributed by atoms with Crippen molar-refractivity contribution in [1.29, 1.82) is 0 Å². The Hall–Kier alpha value is -2.90. The molecule has 2 heterocycles. The van der Waals surface area contributed by atoms with E-state index >= 15 is 0 Å². The van der Waals surface area contributed by atoms with Crippen LogP contribution in [0.4, 0.5) is 0 Å². The fourth-order valence-corrected chi connectivity index (χ4v) is 3.61. The summed E-state index contributed by atoms with van der Waals surface area (Å²) in [5.41, 5.74) is 4.60. The summed E-state index contributed by atoms with van der Waals surface area (Å²) in [5.74, 6) is 0.885. The largest absolute Gasteiger partial charge is 0.485 e. The van der Waals surface area contributed by atoms with Crippen LogP contribution >= 0.6 is 0 Å². The number of nitrogens with zero attached hydrogens (tertiary/aromatic N) is 2. The second-order valence-electron chi connectivity index (χ2n) is 7.06. The van der Waals surface area contributed by atoms with Crippen LogP contribution < -0.4 is 14.9 Å². The highest BCUT2D eigenvalue weighted by Gasteiger charge is 2.28. The Morgan fingerprint density at radius 1 is 1.07 bits per heavy atom. The molecule has 0 unspecified atom stereocenters. The standard InChI is InChI=1S/C22H25N3O4/c1-16(21(17-7-3-2-4-8-17)25-11-13-27-14-12-25)23-24-22(26)20-15-28-18-9-5-6-10-19(18)29-20/h2-10,20-21H,11-15H2,1H3,(H,24,26)/b23-16-/t20-,21+/m0/s1. The van der Waals surface area contributed by atoms with E-state index in [-0.39, 0.29) is 18.6 Å². The summed E-state index contributed by atoms with van der Waals surface area (Å²) in [6.07, 6.45) is -0.736. The van der Waals surface area contributed by atoms with Crippen molar-refractivity contribution in [3.8, 4) is 11.5 Å². The van der Waals surface area contributed by atoms with Crippen molar-refractivity contribution in [2.45, 2.75) is 19.1 Å². The molecule has 1 saturated heterocycles. The lowest BCUT2D eigenvalue weighted by molar-refractivity contribution is -0.130. The van der Waals surface area contributed by atoms with Crippen LogP contribution in [0.1, 0.15) is 18.5 Å². The first-order valence-corrected chi connectivity index (χ1v) is 9.81. The van der Waals surface area contributed by atoms with Crippen molar-refractivity contribution in [3.63, 3.8) is 0 Å². The molecule has 2 aromatic carbocycles. The first-order chi connectivity index (χ1) is 14.2. The zero-order valence-electron chi connectivity index (χ0n) is 16.4. The van der Waals surface area contributed by atoms with Gasteiger partial charge in [0.1, 0.15) is 6.61 Å². The van der Waals surface area contributed by atoms with E-state index in [1.54, 1.807) is 6.07 Å². The molecule has 0 aromatic heterocycles. The minimum atomic E-state index is -0.736. The number of carbonyl (C=O) groups is 1.